The van der Waals surface area contributed by atoms with Crippen LogP contribution in [-0.4, -0.2) is 35.8 Å². The van der Waals surface area contributed by atoms with Crippen LogP contribution in [0.3, 0.4) is 0 Å². The maximum absolute atomic E-state index is 12.8. The third-order valence-electron chi connectivity index (χ3n) is 4.75. The number of para-hydroxylation sites is 1. The van der Waals surface area contributed by atoms with Crippen molar-refractivity contribution in [1.82, 2.24) is 4.90 Å². The number of hydrogen-bond donors (Lipinski definition) is 0. The normalized spacial score (nSPS) is 21.4. The third-order valence-corrected chi connectivity index (χ3v) is 5.94. The standard InChI is InChI=1S/C17H22BrNO2/c18-12-17(8-4-1-5-9-17)13-19-10-11-21-15-7-3-2-6-14(15)16(19)20/h2-3,6-7H,1,4-5,8-13H2. The summed E-state index contributed by atoms with van der Waals surface area (Å²) in [4.78, 5) is 14.8. The van der Waals surface area contributed by atoms with Crippen LogP contribution in [0, 0.1) is 5.41 Å². The number of ether oxygens (including phenoxy) is 1. The molecule has 0 N–H and O–H groups in total. The van der Waals surface area contributed by atoms with Gasteiger partial charge in [-0.15, -0.1) is 0 Å². The smallest absolute Gasteiger partial charge is 0.257 e. The van der Waals surface area contributed by atoms with E-state index in [2.05, 4.69) is 15.9 Å². The number of rotatable bonds is 3. The summed E-state index contributed by atoms with van der Waals surface area (Å²) in [6, 6.07) is 7.59. The zero-order valence-electron chi connectivity index (χ0n) is 12.3. The molecule has 0 spiro atoms. The van der Waals surface area contributed by atoms with Gasteiger partial charge in [-0.25, -0.2) is 0 Å². The molecular formula is C17H22BrNO2. The van der Waals surface area contributed by atoms with Gasteiger partial charge in [0, 0.05) is 11.9 Å². The van der Waals surface area contributed by atoms with Gasteiger partial charge in [0.25, 0.3) is 5.91 Å². The number of benzene rings is 1. The van der Waals surface area contributed by atoms with Crippen molar-refractivity contribution in [2.45, 2.75) is 32.1 Å². The first-order valence-corrected chi connectivity index (χ1v) is 8.93. The van der Waals surface area contributed by atoms with E-state index < -0.39 is 0 Å². The molecule has 0 unspecified atom stereocenters. The molecule has 2 aliphatic rings. The molecule has 0 atom stereocenters. The van der Waals surface area contributed by atoms with E-state index in [0.29, 0.717) is 18.7 Å². The summed E-state index contributed by atoms with van der Waals surface area (Å²) in [5.74, 6) is 0.843. The number of halogens is 1. The van der Waals surface area contributed by atoms with Gasteiger partial charge in [0.15, 0.2) is 0 Å². The number of amides is 1. The highest BCUT2D eigenvalue weighted by molar-refractivity contribution is 9.09. The van der Waals surface area contributed by atoms with Crippen molar-refractivity contribution in [2.24, 2.45) is 5.41 Å². The zero-order valence-corrected chi connectivity index (χ0v) is 13.9. The van der Waals surface area contributed by atoms with Crippen molar-refractivity contribution in [3.05, 3.63) is 29.8 Å². The van der Waals surface area contributed by atoms with E-state index >= 15 is 0 Å². The third kappa shape index (κ3) is 3.10. The number of fused-ring (bicyclic) bond motifs is 1. The fourth-order valence-electron chi connectivity index (χ4n) is 3.50. The van der Waals surface area contributed by atoms with Crippen molar-refractivity contribution < 1.29 is 9.53 Å². The lowest BCUT2D eigenvalue weighted by Gasteiger charge is -2.39. The van der Waals surface area contributed by atoms with E-state index in [9.17, 15) is 4.79 Å². The van der Waals surface area contributed by atoms with Gasteiger partial charge in [0.05, 0.1) is 12.1 Å². The molecule has 0 bridgehead atoms. The van der Waals surface area contributed by atoms with E-state index in [1.807, 2.05) is 29.2 Å². The average Bonchev–Trinajstić information content (AvgIpc) is 2.69. The zero-order chi connectivity index (χ0) is 14.7. The molecule has 0 radical (unpaired) electrons. The quantitative estimate of drug-likeness (QED) is 0.773. The molecule has 1 aromatic rings. The number of carbonyl (C=O) groups is 1. The second-order valence-corrected chi connectivity index (χ2v) is 6.83. The minimum atomic E-state index is 0.119. The Labute approximate surface area is 134 Å². The molecule has 1 aliphatic heterocycles. The Hall–Kier alpha value is -1.03. The summed E-state index contributed by atoms with van der Waals surface area (Å²) >= 11 is 3.70. The van der Waals surface area contributed by atoms with Crippen LogP contribution in [0.5, 0.6) is 5.75 Å². The van der Waals surface area contributed by atoms with Crippen LogP contribution in [-0.2, 0) is 0 Å². The summed E-state index contributed by atoms with van der Waals surface area (Å²) in [5.41, 5.74) is 0.947. The van der Waals surface area contributed by atoms with Gasteiger partial charge in [-0.2, -0.15) is 0 Å². The van der Waals surface area contributed by atoms with Crippen LogP contribution in [0.4, 0.5) is 0 Å². The largest absolute Gasteiger partial charge is 0.491 e. The fraction of sp³-hybridized carbons (Fsp3) is 0.588. The van der Waals surface area contributed by atoms with Crippen LogP contribution in [0.2, 0.25) is 0 Å². The highest BCUT2D eigenvalue weighted by Gasteiger charge is 2.35. The second-order valence-electron chi connectivity index (χ2n) is 6.27. The maximum Gasteiger partial charge on any atom is 0.257 e. The first kappa shape index (κ1) is 14.9. The molecular weight excluding hydrogens is 330 g/mol. The van der Waals surface area contributed by atoms with Crippen LogP contribution in [0.15, 0.2) is 24.3 Å². The van der Waals surface area contributed by atoms with Gasteiger partial charge >= 0.3 is 0 Å². The van der Waals surface area contributed by atoms with E-state index in [1.54, 1.807) is 0 Å². The molecule has 21 heavy (non-hydrogen) atoms. The SMILES string of the molecule is O=C1c2ccccc2OCCN1CC1(CBr)CCCCC1. The molecule has 1 fully saturated rings. The molecule has 1 amide bonds. The van der Waals surface area contributed by atoms with Crippen LogP contribution in [0.25, 0.3) is 0 Å². The minimum absolute atomic E-state index is 0.119. The number of alkyl halides is 1. The molecule has 3 nitrogen and oxygen atoms in total. The van der Waals surface area contributed by atoms with Crippen molar-refractivity contribution in [3.63, 3.8) is 0 Å². The molecule has 1 aliphatic carbocycles. The summed E-state index contributed by atoms with van der Waals surface area (Å²) in [5, 5.41) is 0.978. The number of carbonyl (C=O) groups excluding carboxylic acids is 1. The number of nitrogens with zero attached hydrogens (tertiary/aromatic N) is 1. The van der Waals surface area contributed by atoms with E-state index in [0.717, 1.165) is 17.6 Å². The van der Waals surface area contributed by atoms with Gasteiger partial charge in [-0.3, -0.25) is 4.79 Å². The van der Waals surface area contributed by atoms with Crippen molar-refractivity contribution in [3.8, 4) is 5.75 Å². The number of hydrogen-bond acceptors (Lipinski definition) is 2. The maximum atomic E-state index is 12.8. The molecule has 4 heteroatoms. The van der Waals surface area contributed by atoms with Gasteiger partial charge in [-0.1, -0.05) is 47.3 Å². The Morgan fingerprint density at radius 1 is 1.19 bits per heavy atom. The van der Waals surface area contributed by atoms with Crippen LogP contribution >= 0.6 is 15.9 Å². The van der Waals surface area contributed by atoms with E-state index in [1.165, 1.54) is 32.1 Å². The predicted molar refractivity (Wildman–Crippen MR) is 87.2 cm³/mol. The fourth-order valence-corrected chi connectivity index (χ4v) is 4.24. The summed E-state index contributed by atoms with van der Waals surface area (Å²) in [6.07, 6.45) is 6.31. The molecule has 1 aromatic carbocycles. The molecule has 1 heterocycles. The lowest BCUT2D eigenvalue weighted by Crippen LogP contribution is -2.44. The Balaban J connectivity index is 1.80. The monoisotopic (exact) mass is 351 g/mol. The predicted octanol–water partition coefficient (Wildman–Crippen LogP) is 3.87. The first-order valence-electron chi connectivity index (χ1n) is 7.81. The van der Waals surface area contributed by atoms with E-state index in [4.69, 9.17) is 4.74 Å². The Morgan fingerprint density at radius 2 is 1.95 bits per heavy atom. The average molecular weight is 352 g/mol. The van der Waals surface area contributed by atoms with Crippen molar-refractivity contribution in [2.75, 3.05) is 25.0 Å². The van der Waals surface area contributed by atoms with Gasteiger partial charge in [0.2, 0.25) is 0 Å². The van der Waals surface area contributed by atoms with Crippen LogP contribution < -0.4 is 4.74 Å². The second kappa shape index (κ2) is 6.39. The molecule has 3 rings (SSSR count). The Morgan fingerprint density at radius 3 is 2.71 bits per heavy atom. The molecule has 114 valence electrons. The minimum Gasteiger partial charge on any atom is -0.491 e. The topological polar surface area (TPSA) is 29.5 Å². The lowest BCUT2D eigenvalue weighted by molar-refractivity contribution is 0.0624. The molecule has 1 saturated carbocycles. The van der Waals surface area contributed by atoms with Gasteiger partial charge < -0.3 is 9.64 Å². The Bertz CT molecular complexity index is 511. The van der Waals surface area contributed by atoms with E-state index in [-0.39, 0.29) is 11.3 Å². The lowest BCUT2D eigenvalue weighted by atomic mass is 9.75. The first-order chi connectivity index (χ1) is 10.2. The van der Waals surface area contributed by atoms with Crippen molar-refractivity contribution >= 4 is 21.8 Å². The Kier molecular flexibility index (Phi) is 4.53. The molecule has 0 saturated heterocycles. The highest BCUT2D eigenvalue weighted by atomic mass is 79.9. The molecule has 0 aromatic heterocycles. The van der Waals surface area contributed by atoms with Gasteiger partial charge in [0.1, 0.15) is 12.4 Å². The van der Waals surface area contributed by atoms with Gasteiger partial charge in [-0.05, 0) is 30.4 Å². The highest BCUT2D eigenvalue weighted by Crippen LogP contribution is 2.39. The van der Waals surface area contributed by atoms with Crippen molar-refractivity contribution in [1.29, 1.82) is 0 Å². The summed E-state index contributed by atoms with van der Waals surface area (Å²) in [6.45, 7) is 2.11. The summed E-state index contributed by atoms with van der Waals surface area (Å²) in [7, 11) is 0. The summed E-state index contributed by atoms with van der Waals surface area (Å²) < 4.78 is 5.73. The van der Waals surface area contributed by atoms with Crippen LogP contribution in [0.1, 0.15) is 42.5 Å².